The fourth-order valence-corrected chi connectivity index (χ4v) is 4.28. The second-order valence-corrected chi connectivity index (χ2v) is 7.87. The van der Waals surface area contributed by atoms with Crippen LogP contribution in [0.1, 0.15) is 60.1 Å². The number of nitrogens with zero attached hydrogens (tertiary/aromatic N) is 1. The fourth-order valence-electron chi connectivity index (χ4n) is 4.28. The van der Waals surface area contributed by atoms with Crippen LogP contribution in [-0.4, -0.2) is 22.8 Å². The van der Waals surface area contributed by atoms with Crippen LogP contribution in [0.5, 0.6) is 0 Å². The van der Waals surface area contributed by atoms with E-state index in [1.807, 2.05) is 54.6 Å². The van der Waals surface area contributed by atoms with Crippen molar-refractivity contribution < 1.29 is 9.59 Å². The van der Waals surface area contributed by atoms with E-state index in [-0.39, 0.29) is 17.9 Å². The molecule has 0 bridgehead atoms. The van der Waals surface area contributed by atoms with Crippen molar-refractivity contribution in [1.29, 1.82) is 0 Å². The summed E-state index contributed by atoms with van der Waals surface area (Å²) < 4.78 is 0. The Morgan fingerprint density at radius 1 is 1.00 bits per heavy atom. The highest BCUT2D eigenvalue weighted by atomic mass is 16.2. The molecule has 0 radical (unpaired) electrons. The molecule has 1 atom stereocenters. The molecule has 4 rings (SSSR count). The minimum atomic E-state index is -0.548. The SMILES string of the molecule is CC1CCC(NC(=O)C2c3ccccc3C(=O)N2Cc2ccccc2)CC1. The number of fused-ring (bicyclic) bond motifs is 1. The van der Waals surface area contributed by atoms with Crippen LogP contribution in [0, 0.1) is 5.92 Å². The van der Waals surface area contributed by atoms with Crippen molar-refractivity contribution in [1.82, 2.24) is 10.2 Å². The van der Waals surface area contributed by atoms with Crippen molar-refractivity contribution in [3.8, 4) is 0 Å². The Kier molecular flexibility index (Phi) is 4.97. The lowest BCUT2D eigenvalue weighted by Gasteiger charge is -2.30. The molecule has 0 aromatic heterocycles. The molecule has 0 spiro atoms. The topological polar surface area (TPSA) is 49.4 Å². The van der Waals surface area contributed by atoms with Crippen LogP contribution in [-0.2, 0) is 11.3 Å². The molecular formula is C23H26N2O2. The van der Waals surface area contributed by atoms with Gasteiger partial charge in [0.2, 0.25) is 5.91 Å². The molecule has 1 unspecified atom stereocenters. The van der Waals surface area contributed by atoms with Crippen molar-refractivity contribution in [3.63, 3.8) is 0 Å². The summed E-state index contributed by atoms with van der Waals surface area (Å²) in [6.45, 7) is 2.71. The molecule has 140 valence electrons. The summed E-state index contributed by atoms with van der Waals surface area (Å²) in [6.07, 6.45) is 4.35. The maximum atomic E-state index is 13.2. The molecule has 1 aliphatic carbocycles. The van der Waals surface area contributed by atoms with E-state index in [0.29, 0.717) is 12.1 Å². The maximum Gasteiger partial charge on any atom is 0.255 e. The zero-order valence-corrected chi connectivity index (χ0v) is 15.7. The van der Waals surface area contributed by atoms with Gasteiger partial charge in [0.05, 0.1) is 0 Å². The molecule has 1 heterocycles. The molecule has 1 aliphatic heterocycles. The number of carbonyl (C=O) groups is 2. The molecule has 2 aromatic carbocycles. The molecule has 2 aliphatic rings. The van der Waals surface area contributed by atoms with E-state index in [1.54, 1.807) is 4.90 Å². The molecule has 2 amide bonds. The summed E-state index contributed by atoms with van der Waals surface area (Å²) in [6, 6.07) is 17.0. The van der Waals surface area contributed by atoms with Gasteiger partial charge < -0.3 is 10.2 Å². The number of hydrogen-bond acceptors (Lipinski definition) is 2. The highest BCUT2D eigenvalue weighted by Gasteiger charge is 2.41. The molecule has 1 fully saturated rings. The highest BCUT2D eigenvalue weighted by molar-refractivity contribution is 6.04. The molecule has 27 heavy (non-hydrogen) atoms. The van der Waals surface area contributed by atoms with Crippen LogP contribution in [0.15, 0.2) is 54.6 Å². The number of amides is 2. The van der Waals surface area contributed by atoms with Gasteiger partial charge in [-0.2, -0.15) is 0 Å². The smallest absolute Gasteiger partial charge is 0.255 e. The summed E-state index contributed by atoms with van der Waals surface area (Å²) in [7, 11) is 0. The van der Waals surface area contributed by atoms with Crippen LogP contribution in [0.4, 0.5) is 0 Å². The van der Waals surface area contributed by atoms with Crippen LogP contribution < -0.4 is 5.32 Å². The molecule has 0 saturated heterocycles. The summed E-state index contributed by atoms with van der Waals surface area (Å²) in [5, 5.41) is 3.23. The monoisotopic (exact) mass is 362 g/mol. The largest absolute Gasteiger partial charge is 0.351 e. The number of benzene rings is 2. The van der Waals surface area contributed by atoms with Crippen molar-refractivity contribution in [2.45, 2.75) is 51.2 Å². The first-order valence-electron chi connectivity index (χ1n) is 9.87. The average Bonchev–Trinajstić information content (AvgIpc) is 2.97. The lowest BCUT2D eigenvalue weighted by Crippen LogP contribution is -2.44. The fraction of sp³-hybridized carbons (Fsp3) is 0.391. The van der Waals surface area contributed by atoms with Gasteiger partial charge in [-0.25, -0.2) is 0 Å². The summed E-state index contributed by atoms with van der Waals surface area (Å²) >= 11 is 0. The van der Waals surface area contributed by atoms with E-state index < -0.39 is 6.04 Å². The van der Waals surface area contributed by atoms with Crippen molar-refractivity contribution in [2.24, 2.45) is 5.92 Å². The number of carbonyl (C=O) groups excluding carboxylic acids is 2. The van der Waals surface area contributed by atoms with E-state index in [4.69, 9.17) is 0 Å². The van der Waals surface area contributed by atoms with Crippen LogP contribution in [0.2, 0.25) is 0 Å². The van der Waals surface area contributed by atoms with Gasteiger partial charge in [0, 0.05) is 18.2 Å². The van der Waals surface area contributed by atoms with Gasteiger partial charge in [-0.3, -0.25) is 9.59 Å². The third-order valence-corrected chi connectivity index (χ3v) is 5.86. The molecule has 4 heteroatoms. The Balaban J connectivity index is 1.58. The lowest BCUT2D eigenvalue weighted by atomic mass is 9.87. The molecule has 1 saturated carbocycles. The average molecular weight is 362 g/mol. The maximum absolute atomic E-state index is 13.2. The lowest BCUT2D eigenvalue weighted by molar-refractivity contribution is -0.126. The van der Waals surface area contributed by atoms with Crippen molar-refractivity contribution >= 4 is 11.8 Å². The first-order chi connectivity index (χ1) is 13.1. The summed E-state index contributed by atoms with van der Waals surface area (Å²) in [5.74, 6) is 0.622. The standard InChI is InChI=1S/C23H26N2O2/c1-16-11-13-18(14-12-16)24-22(26)21-19-9-5-6-10-20(19)23(27)25(21)15-17-7-3-2-4-8-17/h2-10,16,18,21H,11-15H2,1H3,(H,24,26). The van der Waals surface area contributed by atoms with E-state index in [9.17, 15) is 9.59 Å². The van der Waals surface area contributed by atoms with Crippen LogP contribution >= 0.6 is 0 Å². The van der Waals surface area contributed by atoms with Gasteiger partial charge >= 0.3 is 0 Å². The normalized spacial score (nSPS) is 24.6. The minimum Gasteiger partial charge on any atom is -0.351 e. The van der Waals surface area contributed by atoms with Gasteiger partial charge in [0.1, 0.15) is 6.04 Å². The Labute approximate surface area is 160 Å². The summed E-state index contributed by atoms with van der Waals surface area (Å²) in [5.41, 5.74) is 2.49. The zero-order chi connectivity index (χ0) is 18.8. The summed E-state index contributed by atoms with van der Waals surface area (Å²) in [4.78, 5) is 27.9. The second kappa shape index (κ2) is 7.55. The number of rotatable bonds is 4. The van der Waals surface area contributed by atoms with Crippen LogP contribution in [0.3, 0.4) is 0 Å². The van der Waals surface area contributed by atoms with E-state index in [1.165, 1.54) is 0 Å². The van der Waals surface area contributed by atoms with E-state index in [2.05, 4.69) is 12.2 Å². The molecule has 1 N–H and O–H groups in total. The van der Waals surface area contributed by atoms with Crippen molar-refractivity contribution in [2.75, 3.05) is 0 Å². The number of nitrogens with one attached hydrogen (secondary N) is 1. The Bertz CT molecular complexity index is 825. The van der Waals surface area contributed by atoms with Gasteiger partial charge in [0.15, 0.2) is 0 Å². The Hall–Kier alpha value is -2.62. The van der Waals surface area contributed by atoms with Gasteiger partial charge in [-0.1, -0.05) is 55.5 Å². The predicted molar refractivity (Wildman–Crippen MR) is 105 cm³/mol. The number of hydrogen-bond donors (Lipinski definition) is 1. The molecule has 2 aromatic rings. The highest BCUT2D eigenvalue weighted by Crippen LogP contribution is 2.35. The third-order valence-electron chi connectivity index (χ3n) is 5.86. The predicted octanol–water partition coefficient (Wildman–Crippen LogP) is 4.08. The molecular weight excluding hydrogens is 336 g/mol. The Morgan fingerprint density at radius 3 is 2.41 bits per heavy atom. The minimum absolute atomic E-state index is 0.0521. The quantitative estimate of drug-likeness (QED) is 0.891. The second-order valence-electron chi connectivity index (χ2n) is 7.87. The van der Waals surface area contributed by atoms with Crippen LogP contribution in [0.25, 0.3) is 0 Å². The van der Waals surface area contributed by atoms with E-state index >= 15 is 0 Å². The first-order valence-corrected chi connectivity index (χ1v) is 9.87. The van der Waals surface area contributed by atoms with Gasteiger partial charge in [-0.15, -0.1) is 0 Å². The first kappa shape index (κ1) is 17.8. The van der Waals surface area contributed by atoms with Crippen molar-refractivity contribution in [3.05, 3.63) is 71.3 Å². The Morgan fingerprint density at radius 2 is 1.67 bits per heavy atom. The van der Waals surface area contributed by atoms with E-state index in [0.717, 1.165) is 42.7 Å². The molecule has 4 nitrogen and oxygen atoms in total. The van der Waals surface area contributed by atoms with Gasteiger partial charge in [-0.05, 0) is 48.8 Å². The van der Waals surface area contributed by atoms with Gasteiger partial charge in [0.25, 0.3) is 5.91 Å². The third kappa shape index (κ3) is 3.61. The zero-order valence-electron chi connectivity index (χ0n) is 15.7.